The van der Waals surface area contributed by atoms with Crippen molar-refractivity contribution in [3.8, 4) is 0 Å². The van der Waals surface area contributed by atoms with E-state index in [4.69, 9.17) is 4.74 Å². The van der Waals surface area contributed by atoms with Crippen molar-refractivity contribution in [3.63, 3.8) is 0 Å². The van der Waals surface area contributed by atoms with Gasteiger partial charge in [0, 0.05) is 30.6 Å². The van der Waals surface area contributed by atoms with E-state index in [9.17, 15) is 4.79 Å². The van der Waals surface area contributed by atoms with Gasteiger partial charge in [0.25, 0.3) is 5.91 Å². The van der Waals surface area contributed by atoms with Crippen molar-refractivity contribution >= 4 is 17.2 Å². The van der Waals surface area contributed by atoms with E-state index in [1.807, 2.05) is 0 Å². The molecule has 5 heteroatoms. The number of thiophene rings is 1. The minimum Gasteiger partial charge on any atom is -0.379 e. The van der Waals surface area contributed by atoms with Crippen LogP contribution in [-0.2, 0) is 17.6 Å². The van der Waals surface area contributed by atoms with Crippen LogP contribution < -0.4 is 5.32 Å². The van der Waals surface area contributed by atoms with Crippen LogP contribution in [0.2, 0.25) is 0 Å². The molecular weight excluding hydrogens is 296 g/mol. The molecule has 1 aromatic heterocycles. The van der Waals surface area contributed by atoms with Gasteiger partial charge in [-0.15, -0.1) is 11.3 Å². The van der Waals surface area contributed by atoms with E-state index in [1.54, 1.807) is 11.3 Å². The summed E-state index contributed by atoms with van der Waals surface area (Å²) in [5.74, 6) is 0.839. The number of aryl methyl sites for hydroxylation is 1. The maximum Gasteiger partial charge on any atom is 0.261 e. The average molecular weight is 322 g/mol. The first kappa shape index (κ1) is 16.0. The Morgan fingerprint density at radius 1 is 1.50 bits per heavy atom. The molecule has 3 rings (SSSR count). The SMILES string of the molecule is CC1CCc2sc(C(=O)NC(C)CN3CCOCC3)cc2C1. The van der Waals surface area contributed by atoms with Gasteiger partial charge >= 0.3 is 0 Å². The van der Waals surface area contributed by atoms with Gasteiger partial charge in [0.2, 0.25) is 0 Å². The molecule has 0 spiro atoms. The van der Waals surface area contributed by atoms with Gasteiger partial charge in [0.05, 0.1) is 18.1 Å². The Kier molecular flexibility index (Phi) is 5.16. The number of nitrogens with one attached hydrogen (secondary N) is 1. The van der Waals surface area contributed by atoms with E-state index < -0.39 is 0 Å². The molecule has 122 valence electrons. The van der Waals surface area contributed by atoms with Gasteiger partial charge in [-0.2, -0.15) is 0 Å². The predicted molar refractivity (Wildman–Crippen MR) is 89.7 cm³/mol. The number of ether oxygens (including phenoxy) is 1. The van der Waals surface area contributed by atoms with Crippen LogP contribution in [0.1, 0.15) is 40.4 Å². The Labute approximate surface area is 136 Å². The summed E-state index contributed by atoms with van der Waals surface area (Å²) in [6, 6.07) is 2.29. The van der Waals surface area contributed by atoms with Crippen LogP contribution in [0.25, 0.3) is 0 Å². The lowest BCUT2D eigenvalue weighted by Gasteiger charge is -2.29. The number of fused-ring (bicyclic) bond motifs is 1. The summed E-state index contributed by atoms with van der Waals surface area (Å²) in [6.07, 6.45) is 3.52. The smallest absolute Gasteiger partial charge is 0.261 e. The van der Waals surface area contributed by atoms with Gasteiger partial charge in [-0.3, -0.25) is 9.69 Å². The van der Waals surface area contributed by atoms with E-state index in [2.05, 4.69) is 30.1 Å². The maximum atomic E-state index is 12.5. The monoisotopic (exact) mass is 322 g/mol. The van der Waals surface area contributed by atoms with Gasteiger partial charge in [-0.05, 0) is 43.7 Å². The van der Waals surface area contributed by atoms with Gasteiger partial charge in [-0.1, -0.05) is 6.92 Å². The molecule has 0 bridgehead atoms. The minimum absolute atomic E-state index is 0.0906. The summed E-state index contributed by atoms with van der Waals surface area (Å²) in [7, 11) is 0. The Bertz CT molecular complexity index is 523. The minimum atomic E-state index is 0.0906. The average Bonchev–Trinajstić information content (AvgIpc) is 2.91. The van der Waals surface area contributed by atoms with E-state index in [-0.39, 0.29) is 11.9 Å². The molecule has 1 amide bonds. The van der Waals surface area contributed by atoms with Gasteiger partial charge in [0.15, 0.2) is 0 Å². The van der Waals surface area contributed by atoms with Crippen LogP contribution >= 0.6 is 11.3 Å². The predicted octanol–water partition coefficient (Wildman–Crippen LogP) is 2.32. The van der Waals surface area contributed by atoms with Crippen molar-refractivity contribution in [2.75, 3.05) is 32.8 Å². The molecule has 0 radical (unpaired) electrons. The Morgan fingerprint density at radius 2 is 2.27 bits per heavy atom. The first-order valence-electron chi connectivity index (χ1n) is 8.34. The largest absolute Gasteiger partial charge is 0.379 e. The fraction of sp³-hybridized carbons (Fsp3) is 0.706. The zero-order valence-electron chi connectivity index (χ0n) is 13.6. The van der Waals surface area contributed by atoms with E-state index in [0.29, 0.717) is 0 Å². The fourth-order valence-electron chi connectivity index (χ4n) is 3.33. The molecule has 2 aliphatic rings. The molecule has 1 N–H and O–H groups in total. The van der Waals surface area contributed by atoms with Crippen LogP contribution in [0, 0.1) is 5.92 Å². The lowest BCUT2D eigenvalue weighted by Crippen LogP contribution is -2.45. The number of morpholine rings is 1. The summed E-state index contributed by atoms with van der Waals surface area (Å²) in [6.45, 7) is 8.81. The third-order valence-corrected chi connectivity index (χ3v) is 5.80. The van der Waals surface area contributed by atoms with Crippen LogP contribution in [0.4, 0.5) is 0 Å². The number of hydrogen-bond acceptors (Lipinski definition) is 4. The maximum absolute atomic E-state index is 12.5. The molecule has 1 saturated heterocycles. The van der Waals surface area contributed by atoms with Crippen LogP contribution in [0.3, 0.4) is 0 Å². The summed E-state index contributed by atoms with van der Waals surface area (Å²) in [5.41, 5.74) is 1.40. The molecule has 22 heavy (non-hydrogen) atoms. The zero-order chi connectivity index (χ0) is 15.5. The quantitative estimate of drug-likeness (QED) is 0.925. The summed E-state index contributed by atoms with van der Waals surface area (Å²) in [5, 5.41) is 3.15. The van der Waals surface area contributed by atoms with Crippen molar-refractivity contribution in [2.24, 2.45) is 5.92 Å². The van der Waals surface area contributed by atoms with Gasteiger partial charge in [0.1, 0.15) is 0 Å². The number of nitrogens with zero attached hydrogens (tertiary/aromatic N) is 1. The molecule has 4 nitrogen and oxygen atoms in total. The molecule has 0 aromatic carbocycles. The highest BCUT2D eigenvalue weighted by Gasteiger charge is 2.22. The third kappa shape index (κ3) is 3.89. The second kappa shape index (κ2) is 7.11. The van der Waals surface area contributed by atoms with Gasteiger partial charge < -0.3 is 10.1 Å². The Hall–Kier alpha value is -0.910. The summed E-state index contributed by atoms with van der Waals surface area (Å²) < 4.78 is 5.36. The lowest BCUT2D eigenvalue weighted by molar-refractivity contribution is 0.0342. The van der Waals surface area contributed by atoms with Crippen LogP contribution in [-0.4, -0.2) is 49.7 Å². The van der Waals surface area contributed by atoms with Crippen LogP contribution in [0.5, 0.6) is 0 Å². The number of carbonyl (C=O) groups is 1. The molecular formula is C17H26N2O2S. The van der Waals surface area contributed by atoms with E-state index >= 15 is 0 Å². The van der Waals surface area contributed by atoms with Crippen molar-refractivity contribution in [1.82, 2.24) is 10.2 Å². The summed E-state index contributed by atoms with van der Waals surface area (Å²) >= 11 is 1.69. The zero-order valence-corrected chi connectivity index (χ0v) is 14.4. The third-order valence-electron chi connectivity index (χ3n) is 4.57. The topological polar surface area (TPSA) is 41.6 Å². The molecule has 0 saturated carbocycles. The molecule has 1 aliphatic carbocycles. The normalized spacial score (nSPS) is 23.8. The number of amides is 1. The van der Waals surface area contributed by atoms with Crippen LogP contribution in [0.15, 0.2) is 6.07 Å². The Morgan fingerprint density at radius 3 is 3.05 bits per heavy atom. The molecule has 2 heterocycles. The highest BCUT2D eigenvalue weighted by atomic mass is 32.1. The van der Waals surface area contributed by atoms with Crippen molar-refractivity contribution < 1.29 is 9.53 Å². The lowest BCUT2D eigenvalue weighted by atomic mass is 9.90. The second-order valence-electron chi connectivity index (χ2n) is 6.69. The highest BCUT2D eigenvalue weighted by Crippen LogP contribution is 2.32. The number of carbonyl (C=O) groups excluding carboxylic acids is 1. The molecule has 1 aromatic rings. The molecule has 2 unspecified atom stereocenters. The highest BCUT2D eigenvalue weighted by molar-refractivity contribution is 7.14. The van der Waals surface area contributed by atoms with E-state index in [1.165, 1.54) is 16.9 Å². The molecule has 2 atom stereocenters. The first-order valence-corrected chi connectivity index (χ1v) is 9.16. The summed E-state index contributed by atoms with van der Waals surface area (Å²) in [4.78, 5) is 17.1. The van der Waals surface area contributed by atoms with E-state index in [0.717, 1.165) is 56.5 Å². The van der Waals surface area contributed by atoms with Gasteiger partial charge in [-0.25, -0.2) is 0 Å². The first-order chi connectivity index (χ1) is 10.6. The van der Waals surface area contributed by atoms with Crippen molar-refractivity contribution in [3.05, 3.63) is 21.4 Å². The molecule has 1 aliphatic heterocycles. The van der Waals surface area contributed by atoms with Crippen molar-refractivity contribution in [1.29, 1.82) is 0 Å². The fourth-order valence-corrected chi connectivity index (χ4v) is 4.44. The second-order valence-corrected chi connectivity index (χ2v) is 7.83. The molecule has 1 fully saturated rings. The standard InChI is InChI=1S/C17H26N2O2S/c1-12-3-4-15-14(9-12)10-16(22-15)17(20)18-13(2)11-19-5-7-21-8-6-19/h10,12-13H,3-9,11H2,1-2H3,(H,18,20). The van der Waals surface area contributed by atoms with Crippen molar-refractivity contribution in [2.45, 2.75) is 39.2 Å². The number of hydrogen-bond donors (Lipinski definition) is 1. The Balaban J connectivity index is 1.55. The number of rotatable bonds is 4.